The van der Waals surface area contributed by atoms with E-state index >= 15 is 0 Å². The standard InChI is InChI=1S/C12H5F21O3S.C2H7N/c1-2(13)3(14,15)4(16,17)5(18,19)6(20,21)7(22,23)8(24,25)9(26,27)10(28,29)11(30,31)12(32,33)37(34,35)36;1-3-2/h2H,1H3,(H,34,35,36);3H,1-2H3. The Labute approximate surface area is 207 Å². The van der Waals surface area contributed by atoms with E-state index in [4.69, 9.17) is 4.55 Å². The van der Waals surface area contributed by atoms with Crippen LogP contribution in [0.2, 0.25) is 0 Å². The lowest BCUT2D eigenvalue weighted by Gasteiger charge is -2.44. The highest BCUT2D eigenvalue weighted by Gasteiger charge is 2.98. The van der Waals surface area contributed by atoms with Gasteiger partial charge in [-0.1, -0.05) is 0 Å². The van der Waals surface area contributed by atoms with Crippen molar-refractivity contribution in [3.63, 3.8) is 0 Å². The molecule has 0 aliphatic rings. The highest BCUT2D eigenvalue weighted by molar-refractivity contribution is 7.87. The third kappa shape index (κ3) is 5.12. The van der Waals surface area contributed by atoms with Crippen molar-refractivity contribution < 1.29 is 105 Å². The van der Waals surface area contributed by atoms with Crippen LogP contribution in [0.5, 0.6) is 0 Å². The third-order valence-electron chi connectivity index (χ3n) is 4.37. The van der Waals surface area contributed by atoms with Gasteiger partial charge in [0.2, 0.25) is 0 Å². The van der Waals surface area contributed by atoms with Crippen LogP contribution in [0.3, 0.4) is 0 Å². The summed E-state index contributed by atoms with van der Waals surface area (Å²) in [6.45, 7) is -0.846. The van der Waals surface area contributed by atoms with Crippen molar-refractivity contribution in [1.82, 2.24) is 5.32 Å². The lowest BCUT2D eigenvalue weighted by molar-refractivity contribution is -0.467. The molecule has 0 aromatic rings. The maximum absolute atomic E-state index is 13.5. The average Bonchev–Trinajstić information content (AvgIpc) is 2.71. The average molecular weight is 673 g/mol. The summed E-state index contributed by atoms with van der Waals surface area (Å²) in [5.74, 6) is -79.3. The van der Waals surface area contributed by atoms with Crippen molar-refractivity contribution in [3.8, 4) is 0 Å². The van der Waals surface area contributed by atoms with E-state index in [9.17, 15) is 101 Å². The molecule has 0 aromatic carbocycles. The molecule has 0 heterocycles. The van der Waals surface area contributed by atoms with E-state index in [1.54, 1.807) is 0 Å². The maximum atomic E-state index is 13.5. The minimum Gasteiger partial charge on any atom is -0.323 e. The van der Waals surface area contributed by atoms with Crippen molar-refractivity contribution in [2.75, 3.05) is 14.1 Å². The molecule has 0 aliphatic heterocycles. The Morgan fingerprint density at radius 1 is 0.500 bits per heavy atom. The Morgan fingerprint density at radius 3 is 0.850 bits per heavy atom. The number of hydrogen-bond donors (Lipinski definition) is 2. The largest absolute Gasteiger partial charge is 0.438 e. The quantitative estimate of drug-likeness (QED) is 0.198. The number of rotatable bonds is 11. The summed E-state index contributed by atoms with van der Waals surface area (Å²) in [6, 6.07) is 0. The summed E-state index contributed by atoms with van der Waals surface area (Å²) >= 11 is 0. The third-order valence-corrected chi connectivity index (χ3v) is 5.27. The minimum absolute atomic E-state index is 0.846. The lowest BCUT2D eigenvalue weighted by atomic mass is 9.86. The number of alkyl halides is 21. The molecule has 0 fully saturated rings. The van der Waals surface area contributed by atoms with Gasteiger partial charge < -0.3 is 5.32 Å². The molecule has 0 spiro atoms. The van der Waals surface area contributed by atoms with Crippen LogP contribution in [0, 0.1) is 0 Å². The van der Waals surface area contributed by atoms with Crippen molar-refractivity contribution in [2.24, 2.45) is 0 Å². The molecule has 0 aliphatic carbocycles. The van der Waals surface area contributed by atoms with Gasteiger partial charge in [-0.15, -0.1) is 0 Å². The monoisotopic (exact) mass is 673 g/mol. The molecule has 0 rings (SSSR count). The summed E-state index contributed by atoms with van der Waals surface area (Å²) < 4.78 is 306. The van der Waals surface area contributed by atoms with Crippen LogP contribution in [0.25, 0.3) is 0 Å². The molecule has 4 nitrogen and oxygen atoms in total. The number of halogens is 21. The second-order valence-electron chi connectivity index (χ2n) is 7.33. The molecule has 0 amide bonds. The zero-order valence-electron chi connectivity index (χ0n) is 18.7. The molecule has 0 radical (unpaired) electrons. The molecule has 1 atom stereocenters. The lowest BCUT2D eigenvalue weighted by Crippen LogP contribution is -2.77. The van der Waals surface area contributed by atoms with Crippen LogP contribution in [0.4, 0.5) is 92.2 Å². The van der Waals surface area contributed by atoms with E-state index in [1.165, 1.54) is 0 Å². The molecule has 26 heteroatoms. The fraction of sp³-hybridized carbons (Fsp3) is 1.00. The van der Waals surface area contributed by atoms with E-state index < -0.39 is 81.8 Å². The zero-order chi connectivity index (χ0) is 33.8. The first-order valence-electron chi connectivity index (χ1n) is 8.83. The van der Waals surface area contributed by atoms with Gasteiger partial charge in [-0.2, -0.15) is 96.2 Å². The zero-order valence-corrected chi connectivity index (χ0v) is 19.5. The molecule has 0 saturated carbocycles. The highest BCUT2D eigenvalue weighted by Crippen LogP contribution is 2.66. The predicted molar refractivity (Wildman–Crippen MR) is 86.6 cm³/mol. The number of hydrogen-bond acceptors (Lipinski definition) is 3. The van der Waals surface area contributed by atoms with E-state index in [1.807, 2.05) is 14.1 Å². The van der Waals surface area contributed by atoms with Crippen molar-refractivity contribution >= 4 is 10.1 Å². The van der Waals surface area contributed by atoms with E-state index in [0.29, 0.717) is 0 Å². The molecule has 0 bridgehead atoms. The van der Waals surface area contributed by atoms with Gasteiger partial charge >= 0.3 is 68.7 Å². The first-order chi connectivity index (χ1) is 16.9. The van der Waals surface area contributed by atoms with Crippen LogP contribution < -0.4 is 5.32 Å². The van der Waals surface area contributed by atoms with E-state index in [2.05, 4.69) is 5.32 Å². The Balaban J connectivity index is 0. The summed E-state index contributed by atoms with van der Waals surface area (Å²) in [6.07, 6.45) is -4.74. The minimum atomic E-state index is -9.36. The molecule has 0 aromatic heterocycles. The topological polar surface area (TPSA) is 66.4 Å². The molecule has 244 valence electrons. The Bertz CT molecular complexity index is 991. The molecular weight excluding hydrogens is 661 g/mol. The van der Waals surface area contributed by atoms with Crippen LogP contribution >= 0.6 is 0 Å². The van der Waals surface area contributed by atoms with Crippen LogP contribution in [-0.2, 0) is 10.1 Å². The second-order valence-corrected chi connectivity index (χ2v) is 8.79. The summed E-state index contributed by atoms with van der Waals surface area (Å²) in [4.78, 5) is 0. The molecule has 2 N–H and O–H groups in total. The predicted octanol–water partition coefficient (Wildman–Crippen LogP) is 6.38. The normalized spacial score (nSPS) is 16.8. The van der Waals surface area contributed by atoms with Crippen LogP contribution in [0.15, 0.2) is 0 Å². The fourth-order valence-electron chi connectivity index (χ4n) is 1.99. The molecule has 40 heavy (non-hydrogen) atoms. The van der Waals surface area contributed by atoms with Gasteiger partial charge in [-0.3, -0.25) is 4.55 Å². The Kier molecular flexibility index (Phi) is 10.7. The first-order valence-corrected chi connectivity index (χ1v) is 10.3. The smallest absolute Gasteiger partial charge is 0.323 e. The van der Waals surface area contributed by atoms with Gasteiger partial charge in [0.25, 0.3) is 0 Å². The SMILES string of the molecule is CC(F)C(F)(F)C(F)(F)C(F)(F)C(F)(F)C(F)(F)C(F)(F)C(F)(F)C(F)(F)C(F)(F)C(F)(F)S(=O)(=O)O.CNC. The van der Waals surface area contributed by atoms with E-state index in [-0.39, 0.29) is 0 Å². The van der Waals surface area contributed by atoms with Crippen molar-refractivity contribution in [3.05, 3.63) is 0 Å². The van der Waals surface area contributed by atoms with Gasteiger partial charge in [-0.05, 0) is 21.0 Å². The van der Waals surface area contributed by atoms with Gasteiger partial charge in [0.1, 0.15) is 0 Å². The van der Waals surface area contributed by atoms with E-state index in [0.717, 1.165) is 0 Å². The highest BCUT2D eigenvalue weighted by atomic mass is 32.2. The molecule has 1 unspecified atom stereocenters. The fourth-order valence-corrected chi connectivity index (χ4v) is 2.44. The summed E-state index contributed by atoms with van der Waals surface area (Å²) in [5, 5.41) is -5.31. The first kappa shape index (κ1) is 40.5. The summed E-state index contributed by atoms with van der Waals surface area (Å²) in [5.41, 5.74) is 0. The van der Waals surface area contributed by atoms with Gasteiger partial charge in [0, 0.05) is 0 Å². The van der Waals surface area contributed by atoms with Gasteiger partial charge in [0.05, 0.1) is 0 Å². The van der Waals surface area contributed by atoms with Crippen molar-refractivity contribution in [2.45, 2.75) is 71.7 Å². The van der Waals surface area contributed by atoms with Crippen LogP contribution in [-0.4, -0.2) is 91.8 Å². The van der Waals surface area contributed by atoms with Crippen molar-refractivity contribution in [1.29, 1.82) is 0 Å². The maximum Gasteiger partial charge on any atom is 0.438 e. The van der Waals surface area contributed by atoms with Gasteiger partial charge in [-0.25, -0.2) is 4.39 Å². The second kappa shape index (κ2) is 10.6. The van der Waals surface area contributed by atoms with Crippen LogP contribution in [0.1, 0.15) is 6.92 Å². The Hall–Kier alpha value is -1.60. The summed E-state index contributed by atoms with van der Waals surface area (Å²) in [7, 11) is -4.35. The van der Waals surface area contributed by atoms with Gasteiger partial charge in [0.15, 0.2) is 6.17 Å². The molecular formula is C14H12F21NO3S. The molecule has 0 saturated heterocycles. The number of nitrogens with one attached hydrogen (secondary N) is 1. The Morgan fingerprint density at radius 2 is 0.675 bits per heavy atom.